The van der Waals surface area contributed by atoms with Crippen molar-refractivity contribution in [2.45, 2.75) is 5.16 Å². The van der Waals surface area contributed by atoms with Crippen molar-refractivity contribution in [2.24, 2.45) is 0 Å². The summed E-state index contributed by atoms with van der Waals surface area (Å²) in [5.74, 6) is 0. The summed E-state index contributed by atoms with van der Waals surface area (Å²) < 4.78 is 0. The van der Waals surface area contributed by atoms with Gasteiger partial charge in [-0.15, -0.1) is 0 Å². The fraction of sp³-hybridized carbons (Fsp3) is 0.125. The lowest BCUT2D eigenvalue weighted by molar-refractivity contribution is -0.104. The number of rotatable bonds is 3. The maximum atomic E-state index is 10.0. The Bertz CT molecular complexity index is 341. The molecule has 0 radical (unpaired) electrons. The highest BCUT2D eigenvalue weighted by Gasteiger charge is 2.00. The highest BCUT2D eigenvalue weighted by Crippen LogP contribution is 2.17. The van der Waals surface area contributed by atoms with Crippen molar-refractivity contribution in [3.8, 4) is 0 Å². The summed E-state index contributed by atoms with van der Waals surface area (Å²) in [5, 5.41) is 0.978. The van der Waals surface area contributed by atoms with E-state index in [0.717, 1.165) is 0 Å². The lowest BCUT2D eigenvalue weighted by Crippen LogP contribution is -1.88. The van der Waals surface area contributed by atoms with E-state index in [1.807, 2.05) is 6.26 Å². The average Bonchev–Trinajstić information content (AvgIpc) is 2.16. The molecule has 0 saturated carbocycles. The minimum atomic E-state index is 0.359. The van der Waals surface area contributed by atoms with E-state index in [1.54, 1.807) is 12.3 Å². The van der Waals surface area contributed by atoms with Crippen molar-refractivity contribution in [2.75, 3.05) is 6.26 Å². The smallest absolute Gasteiger partial charge is 0.188 e. The molecule has 0 N–H and O–H groups in total. The second kappa shape index (κ2) is 4.99. The van der Waals surface area contributed by atoms with Crippen molar-refractivity contribution in [3.63, 3.8) is 0 Å². The number of hydrogen-bond donors (Lipinski definition) is 0. The predicted octanol–water partition coefficient (Wildman–Crippen LogP) is 2.06. The van der Waals surface area contributed by atoms with E-state index in [4.69, 9.17) is 11.6 Å². The Hall–Kier alpha value is -0.870. The van der Waals surface area contributed by atoms with Gasteiger partial charge in [0.25, 0.3) is 0 Å². The highest BCUT2D eigenvalue weighted by atomic mass is 35.5. The van der Waals surface area contributed by atoms with E-state index < -0.39 is 0 Å². The van der Waals surface area contributed by atoms with Crippen LogP contribution >= 0.6 is 23.4 Å². The lowest BCUT2D eigenvalue weighted by atomic mass is 10.3. The van der Waals surface area contributed by atoms with E-state index in [9.17, 15) is 4.79 Å². The molecule has 13 heavy (non-hydrogen) atoms. The van der Waals surface area contributed by atoms with Gasteiger partial charge in [-0.3, -0.25) is 4.79 Å². The van der Waals surface area contributed by atoms with E-state index in [1.165, 1.54) is 17.8 Å². The Labute approximate surface area is 85.2 Å². The van der Waals surface area contributed by atoms with Gasteiger partial charge in [0.1, 0.15) is 11.4 Å². The Morgan fingerprint density at radius 2 is 2.38 bits per heavy atom. The zero-order valence-electron chi connectivity index (χ0n) is 6.90. The van der Waals surface area contributed by atoms with E-state index in [0.29, 0.717) is 22.2 Å². The molecule has 0 aromatic carbocycles. The monoisotopic (exact) mass is 214 g/mol. The Balaban J connectivity index is 2.98. The van der Waals surface area contributed by atoms with E-state index in [2.05, 4.69) is 9.97 Å². The number of carbonyl (C=O) groups is 1. The first-order valence-electron chi connectivity index (χ1n) is 3.46. The number of carbonyl (C=O) groups excluding carboxylic acids is 1. The van der Waals surface area contributed by atoms with Gasteiger partial charge in [-0.2, -0.15) is 0 Å². The highest BCUT2D eigenvalue weighted by molar-refractivity contribution is 7.98. The topological polar surface area (TPSA) is 42.9 Å². The van der Waals surface area contributed by atoms with Crippen LogP contribution in [-0.2, 0) is 4.79 Å². The van der Waals surface area contributed by atoms with Crippen molar-refractivity contribution >= 4 is 35.7 Å². The normalized spacial score (nSPS) is 10.6. The molecule has 0 atom stereocenters. The van der Waals surface area contributed by atoms with Crippen LogP contribution in [0, 0.1) is 0 Å². The minimum Gasteiger partial charge on any atom is -0.299 e. The minimum absolute atomic E-state index is 0.359. The third kappa shape index (κ3) is 2.82. The molecule has 0 saturated heterocycles. The second-order valence-electron chi connectivity index (χ2n) is 2.10. The van der Waals surface area contributed by atoms with Crippen molar-refractivity contribution in [1.29, 1.82) is 0 Å². The molecule has 5 heteroatoms. The van der Waals surface area contributed by atoms with Crippen LogP contribution in [0.25, 0.3) is 6.08 Å². The molecule has 0 amide bonds. The van der Waals surface area contributed by atoms with Crippen LogP contribution in [0.15, 0.2) is 17.4 Å². The summed E-state index contributed by atoms with van der Waals surface area (Å²) in [6, 6.07) is 0. The van der Waals surface area contributed by atoms with E-state index in [-0.39, 0.29) is 0 Å². The number of hydrogen-bond acceptors (Lipinski definition) is 4. The molecule has 0 aliphatic heterocycles. The van der Waals surface area contributed by atoms with Crippen LogP contribution in [0.4, 0.5) is 0 Å². The quantitative estimate of drug-likeness (QED) is 0.254. The van der Waals surface area contributed by atoms with Gasteiger partial charge in [-0.05, 0) is 18.4 Å². The van der Waals surface area contributed by atoms with Gasteiger partial charge in [-0.1, -0.05) is 23.4 Å². The molecule has 68 valence electrons. The van der Waals surface area contributed by atoms with Crippen molar-refractivity contribution in [1.82, 2.24) is 9.97 Å². The van der Waals surface area contributed by atoms with Gasteiger partial charge in [0, 0.05) is 11.8 Å². The molecule has 1 aromatic rings. The number of nitrogens with zero attached hydrogens (tertiary/aromatic N) is 2. The Morgan fingerprint density at radius 3 is 2.92 bits per heavy atom. The molecule has 1 heterocycles. The zero-order chi connectivity index (χ0) is 9.68. The SMILES string of the molecule is CSc1ncc(C=CC=O)c(Cl)n1. The molecular weight excluding hydrogens is 208 g/mol. The molecule has 0 fully saturated rings. The number of aromatic nitrogens is 2. The number of thioether (sulfide) groups is 1. The summed E-state index contributed by atoms with van der Waals surface area (Å²) >= 11 is 7.23. The first-order valence-corrected chi connectivity index (χ1v) is 5.06. The summed E-state index contributed by atoms with van der Waals surface area (Å²) in [7, 11) is 0. The second-order valence-corrected chi connectivity index (χ2v) is 3.23. The average molecular weight is 215 g/mol. The summed E-state index contributed by atoms with van der Waals surface area (Å²) in [4.78, 5) is 18.0. The standard InChI is InChI=1S/C8H7ClN2OS/c1-13-8-10-5-6(3-2-4-12)7(9)11-8/h2-5H,1H3. The molecule has 3 nitrogen and oxygen atoms in total. The van der Waals surface area contributed by atoms with Crippen molar-refractivity contribution < 1.29 is 4.79 Å². The predicted molar refractivity (Wildman–Crippen MR) is 53.9 cm³/mol. The summed E-state index contributed by atoms with van der Waals surface area (Å²) in [6.07, 6.45) is 7.05. The van der Waals surface area contributed by atoms with Crippen molar-refractivity contribution in [3.05, 3.63) is 23.0 Å². The van der Waals surface area contributed by atoms with Gasteiger partial charge in [0.2, 0.25) is 0 Å². The van der Waals surface area contributed by atoms with Crippen LogP contribution in [0.3, 0.4) is 0 Å². The molecule has 0 unspecified atom stereocenters. The van der Waals surface area contributed by atoms with Gasteiger partial charge in [-0.25, -0.2) is 9.97 Å². The first kappa shape index (κ1) is 10.2. The number of aldehydes is 1. The summed E-state index contributed by atoms with van der Waals surface area (Å²) in [6.45, 7) is 0. The molecular formula is C8H7ClN2OS. The van der Waals surface area contributed by atoms with Crippen LogP contribution in [0.5, 0.6) is 0 Å². The fourth-order valence-electron chi connectivity index (χ4n) is 0.709. The maximum absolute atomic E-state index is 10.0. The largest absolute Gasteiger partial charge is 0.299 e. The molecule has 1 rings (SSSR count). The molecule has 1 aromatic heterocycles. The number of halogens is 1. The lowest BCUT2D eigenvalue weighted by Gasteiger charge is -1.98. The van der Waals surface area contributed by atoms with Gasteiger partial charge in [0.05, 0.1) is 0 Å². The van der Waals surface area contributed by atoms with Crippen LogP contribution in [-0.4, -0.2) is 22.5 Å². The first-order chi connectivity index (χ1) is 6.27. The maximum Gasteiger partial charge on any atom is 0.188 e. The Morgan fingerprint density at radius 1 is 1.62 bits per heavy atom. The van der Waals surface area contributed by atoms with Gasteiger partial charge >= 0.3 is 0 Å². The third-order valence-corrected chi connectivity index (χ3v) is 2.15. The van der Waals surface area contributed by atoms with Gasteiger partial charge in [0.15, 0.2) is 5.16 Å². The molecule has 0 spiro atoms. The fourth-order valence-corrected chi connectivity index (χ4v) is 1.29. The molecule has 0 bridgehead atoms. The van der Waals surface area contributed by atoms with Crippen LogP contribution in [0.2, 0.25) is 5.15 Å². The van der Waals surface area contributed by atoms with Crippen LogP contribution in [0.1, 0.15) is 5.56 Å². The van der Waals surface area contributed by atoms with Crippen LogP contribution < -0.4 is 0 Å². The number of allylic oxidation sites excluding steroid dienone is 1. The molecule has 0 aliphatic rings. The summed E-state index contributed by atoms with van der Waals surface area (Å²) in [5.41, 5.74) is 0.645. The molecule has 0 aliphatic carbocycles. The van der Waals surface area contributed by atoms with Gasteiger partial charge < -0.3 is 0 Å². The van der Waals surface area contributed by atoms with E-state index >= 15 is 0 Å². The zero-order valence-corrected chi connectivity index (χ0v) is 8.47. The third-order valence-electron chi connectivity index (χ3n) is 1.28. The Kier molecular flexibility index (Phi) is 3.92.